The van der Waals surface area contributed by atoms with Crippen molar-refractivity contribution in [3.8, 4) is 0 Å². The highest BCUT2D eigenvalue weighted by Gasteiger charge is 2.56. The smallest absolute Gasteiger partial charge is 0.228 e. The second kappa shape index (κ2) is 4.69. The molecule has 1 aromatic carbocycles. The first kappa shape index (κ1) is 12.2. The molecule has 2 nitrogen and oxygen atoms in total. The van der Waals surface area contributed by atoms with Gasteiger partial charge in [-0.15, -0.1) is 0 Å². The van der Waals surface area contributed by atoms with Crippen LogP contribution in [0.3, 0.4) is 0 Å². The molecule has 3 rings (SSSR count). The van der Waals surface area contributed by atoms with E-state index in [1.165, 1.54) is 24.8 Å². The van der Waals surface area contributed by atoms with Crippen molar-refractivity contribution >= 4 is 27.5 Å². The van der Waals surface area contributed by atoms with Crippen LogP contribution in [0.1, 0.15) is 31.7 Å². The van der Waals surface area contributed by atoms with Gasteiger partial charge in [-0.1, -0.05) is 29.3 Å². The standard InChI is InChI=1S/C15H18BrNO/c1-2-9-8-10(16)6-7-13(9)17-15(18)14-11-4-3-5-12(11)14/h6-8,11-12,14H,2-5H2,1H3,(H,17,18). The quantitative estimate of drug-likeness (QED) is 0.898. The van der Waals surface area contributed by atoms with E-state index in [4.69, 9.17) is 0 Å². The fourth-order valence-corrected chi connectivity index (χ4v) is 3.81. The van der Waals surface area contributed by atoms with Gasteiger partial charge in [-0.2, -0.15) is 0 Å². The number of carbonyl (C=O) groups excluding carboxylic acids is 1. The monoisotopic (exact) mass is 307 g/mol. The van der Waals surface area contributed by atoms with Crippen LogP contribution >= 0.6 is 15.9 Å². The van der Waals surface area contributed by atoms with Gasteiger partial charge in [0, 0.05) is 16.1 Å². The van der Waals surface area contributed by atoms with Crippen LogP contribution in [0.15, 0.2) is 22.7 Å². The number of carbonyl (C=O) groups is 1. The highest BCUT2D eigenvalue weighted by Crippen LogP contribution is 2.57. The molecule has 0 aliphatic heterocycles. The molecule has 3 heteroatoms. The summed E-state index contributed by atoms with van der Waals surface area (Å²) in [4.78, 5) is 12.2. The summed E-state index contributed by atoms with van der Waals surface area (Å²) < 4.78 is 1.07. The predicted octanol–water partition coefficient (Wildman–Crippen LogP) is 4.00. The van der Waals surface area contributed by atoms with Crippen molar-refractivity contribution in [3.05, 3.63) is 28.2 Å². The molecule has 0 bridgehead atoms. The molecule has 1 amide bonds. The average Bonchev–Trinajstić information content (AvgIpc) is 2.85. The lowest BCUT2D eigenvalue weighted by Gasteiger charge is -2.11. The third kappa shape index (κ3) is 2.09. The number of aryl methyl sites for hydroxylation is 1. The summed E-state index contributed by atoms with van der Waals surface area (Å²) in [5.74, 6) is 1.91. The van der Waals surface area contributed by atoms with Crippen LogP contribution in [-0.4, -0.2) is 5.91 Å². The minimum absolute atomic E-state index is 0.238. The summed E-state index contributed by atoms with van der Waals surface area (Å²) in [7, 11) is 0. The second-order valence-electron chi connectivity index (χ2n) is 5.43. The van der Waals surface area contributed by atoms with Gasteiger partial charge in [-0.05, 0) is 54.9 Å². The first-order valence-electron chi connectivity index (χ1n) is 6.80. The lowest BCUT2D eigenvalue weighted by atomic mass is 10.1. The molecule has 2 saturated carbocycles. The largest absolute Gasteiger partial charge is 0.326 e. The molecule has 2 unspecified atom stereocenters. The molecule has 96 valence electrons. The molecule has 2 aliphatic carbocycles. The van der Waals surface area contributed by atoms with Crippen molar-refractivity contribution in [2.45, 2.75) is 32.6 Å². The molecular formula is C15H18BrNO. The molecule has 18 heavy (non-hydrogen) atoms. The topological polar surface area (TPSA) is 29.1 Å². The van der Waals surface area contributed by atoms with E-state index in [-0.39, 0.29) is 5.91 Å². The fourth-order valence-electron chi connectivity index (χ4n) is 3.40. The Labute approximate surface area is 116 Å². The Kier molecular flexibility index (Phi) is 3.18. The van der Waals surface area contributed by atoms with Gasteiger partial charge in [0.05, 0.1) is 0 Å². The summed E-state index contributed by atoms with van der Waals surface area (Å²) in [6.07, 6.45) is 4.76. The van der Waals surface area contributed by atoms with Crippen LogP contribution in [0, 0.1) is 17.8 Å². The number of hydrogen-bond acceptors (Lipinski definition) is 1. The van der Waals surface area contributed by atoms with E-state index in [2.05, 4.69) is 34.2 Å². The number of hydrogen-bond donors (Lipinski definition) is 1. The van der Waals surface area contributed by atoms with Crippen molar-refractivity contribution < 1.29 is 4.79 Å². The Balaban J connectivity index is 1.71. The van der Waals surface area contributed by atoms with Gasteiger partial charge in [0.25, 0.3) is 0 Å². The van der Waals surface area contributed by atoms with Crippen molar-refractivity contribution in [3.63, 3.8) is 0 Å². The van der Waals surface area contributed by atoms with Crippen molar-refractivity contribution in [2.24, 2.45) is 17.8 Å². The van der Waals surface area contributed by atoms with Gasteiger partial charge in [-0.25, -0.2) is 0 Å². The lowest BCUT2D eigenvalue weighted by molar-refractivity contribution is -0.118. The van der Waals surface area contributed by atoms with Crippen molar-refractivity contribution in [1.82, 2.24) is 0 Å². The Hall–Kier alpha value is -0.830. The highest BCUT2D eigenvalue weighted by molar-refractivity contribution is 9.10. The normalized spacial score (nSPS) is 28.9. The molecule has 0 heterocycles. The van der Waals surface area contributed by atoms with Crippen molar-refractivity contribution in [1.29, 1.82) is 0 Å². The number of benzene rings is 1. The summed E-state index contributed by atoms with van der Waals surface area (Å²) in [5.41, 5.74) is 2.18. The molecule has 2 aliphatic rings. The predicted molar refractivity (Wildman–Crippen MR) is 76.5 cm³/mol. The van der Waals surface area contributed by atoms with Crippen LogP contribution in [0.4, 0.5) is 5.69 Å². The van der Waals surface area contributed by atoms with Gasteiger partial charge in [0.2, 0.25) is 5.91 Å². The van der Waals surface area contributed by atoms with E-state index in [9.17, 15) is 4.79 Å². The van der Waals surface area contributed by atoms with Crippen LogP contribution in [0.2, 0.25) is 0 Å². The summed E-state index contributed by atoms with van der Waals surface area (Å²) >= 11 is 3.47. The van der Waals surface area contributed by atoms with E-state index in [1.807, 2.05) is 12.1 Å². The number of rotatable bonds is 3. The van der Waals surface area contributed by atoms with Crippen LogP contribution in [-0.2, 0) is 11.2 Å². The zero-order valence-corrected chi connectivity index (χ0v) is 12.2. The Morgan fingerprint density at radius 3 is 2.78 bits per heavy atom. The Morgan fingerprint density at radius 1 is 1.39 bits per heavy atom. The van der Waals surface area contributed by atoms with Crippen molar-refractivity contribution in [2.75, 3.05) is 5.32 Å². The van der Waals surface area contributed by atoms with Crippen LogP contribution in [0.25, 0.3) is 0 Å². The molecule has 0 aromatic heterocycles. The van der Waals surface area contributed by atoms with E-state index in [0.717, 1.165) is 16.6 Å². The molecule has 1 aromatic rings. The molecule has 1 N–H and O–H groups in total. The average molecular weight is 308 g/mol. The SMILES string of the molecule is CCc1cc(Br)ccc1NC(=O)C1C2CCCC21. The summed E-state index contributed by atoms with van der Waals surface area (Å²) in [5, 5.41) is 3.12. The summed E-state index contributed by atoms with van der Waals surface area (Å²) in [6, 6.07) is 6.07. The number of halogens is 1. The van der Waals surface area contributed by atoms with Gasteiger partial charge in [0.15, 0.2) is 0 Å². The molecule has 2 fully saturated rings. The fraction of sp³-hybridized carbons (Fsp3) is 0.533. The maximum atomic E-state index is 12.2. The Bertz CT molecular complexity index is 475. The molecule has 0 spiro atoms. The third-order valence-corrected chi connectivity index (χ3v) is 4.91. The number of anilines is 1. The first-order chi connectivity index (χ1) is 8.70. The van der Waals surface area contributed by atoms with Gasteiger partial charge >= 0.3 is 0 Å². The molecule has 0 saturated heterocycles. The van der Waals surface area contributed by atoms with Crippen LogP contribution in [0.5, 0.6) is 0 Å². The van der Waals surface area contributed by atoms with E-state index in [0.29, 0.717) is 17.8 Å². The molecule has 2 atom stereocenters. The third-order valence-electron chi connectivity index (χ3n) is 4.42. The van der Waals surface area contributed by atoms with Crippen LogP contribution < -0.4 is 5.32 Å². The second-order valence-corrected chi connectivity index (χ2v) is 6.34. The maximum absolute atomic E-state index is 12.2. The Morgan fingerprint density at radius 2 is 2.11 bits per heavy atom. The van der Waals surface area contributed by atoms with E-state index >= 15 is 0 Å². The maximum Gasteiger partial charge on any atom is 0.228 e. The minimum Gasteiger partial charge on any atom is -0.326 e. The molecule has 0 radical (unpaired) electrons. The number of nitrogens with one attached hydrogen (secondary N) is 1. The number of amides is 1. The first-order valence-corrected chi connectivity index (χ1v) is 7.59. The lowest BCUT2D eigenvalue weighted by Crippen LogP contribution is -2.17. The number of fused-ring (bicyclic) bond motifs is 1. The van der Waals surface area contributed by atoms with Gasteiger partial charge < -0.3 is 5.32 Å². The molecular weight excluding hydrogens is 290 g/mol. The highest BCUT2D eigenvalue weighted by atomic mass is 79.9. The van der Waals surface area contributed by atoms with Gasteiger partial charge in [-0.3, -0.25) is 4.79 Å². The van der Waals surface area contributed by atoms with E-state index < -0.39 is 0 Å². The zero-order valence-electron chi connectivity index (χ0n) is 10.6. The van der Waals surface area contributed by atoms with E-state index in [1.54, 1.807) is 0 Å². The minimum atomic E-state index is 0.238. The van der Waals surface area contributed by atoms with Gasteiger partial charge in [0.1, 0.15) is 0 Å². The summed E-state index contributed by atoms with van der Waals surface area (Å²) in [6.45, 7) is 2.11. The zero-order chi connectivity index (χ0) is 12.7.